The van der Waals surface area contributed by atoms with Crippen LogP contribution in [0.2, 0.25) is 0 Å². The van der Waals surface area contributed by atoms with Gasteiger partial charge in [-0.3, -0.25) is 9.47 Å². The molecule has 0 N–H and O–H groups in total. The van der Waals surface area contributed by atoms with Crippen LogP contribution in [-0.2, 0) is 0 Å². The zero-order valence-electron chi connectivity index (χ0n) is 16.5. The summed E-state index contributed by atoms with van der Waals surface area (Å²) in [5, 5.41) is 1.23. The normalized spacial score (nSPS) is 12.7. The maximum absolute atomic E-state index is 4.50. The van der Waals surface area contributed by atoms with Gasteiger partial charge in [0.15, 0.2) is 0 Å². The molecule has 0 saturated carbocycles. The highest BCUT2D eigenvalue weighted by atomic mass is 15.3. The average molecular weight is 384 g/mol. The van der Waals surface area contributed by atoms with E-state index in [-0.39, 0.29) is 0 Å². The summed E-state index contributed by atoms with van der Waals surface area (Å²) in [5.41, 5.74) is 8.28. The minimum Gasteiger partial charge on any atom is -0.296 e. The van der Waals surface area contributed by atoms with Crippen molar-refractivity contribution in [1.29, 1.82) is 0 Å². The van der Waals surface area contributed by atoms with Gasteiger partial charge in [-0.05, 0) is 41.5 Å². The first-order chi connectivity index (χ1) is 14.8. The van der Waals surface area contributed by atoms with E-state index in [0.29, 0.717) is 0 Å². The number of benzene rings is 4. The van der Waals surface area contributed by atoms with E-state index in [9.17, 15) is 0 Å². The fourth-order valence-electron chi connectivity index (χ4n) is 4.48. The average Bonchev–Trinajstić information content (AvgIpc) is 3.21. The summed E-state index contributed by atoms with van der Waals surface area (Å²) < 4.78 is 2.27. The molecule has 1 aromatic heterocycles. The second-order valence-electron chi connectivity index (χ2n) is 7.61. The standard InChI is InChI=1S/C28H20N2/c1-20-29(24-17-15-22(16-18-24)21-9-3-2-4-10-21)27-14-8-6-12-25(27)28-19-23-11-5-7-13-26(23)30(20)28/h2-19H,1H2. The second kappa shape index (κ2) is 6.50. The molecule has 4 aromatic carbocycles. The Kier molecular flexibility index (Phi) is 3.65. The van der Waals surface area contributed by atoms with E-state index >= 15 is 0 Å². The molecule has 6 rings (SSSR count). The zero-order chi connectivity index (χ0) is 20.1. The Bertz CT molecular complexity index is 1390. The lowest BCUT2D eigenvalue weighted by Gasteiger charge is -2.35. The van der Waals surface area contributed by atoms with Crippen LogP contribution in [0.1, 0.15) is 0 Å². The molecule has 2 heterocycles. The first kappa shape index (κ1) is 16.9. The molecular weight excluding hydrogens is 364 g/mol. The van der Waals surface area contributed by atoms with Crippen molar-refractivity contribution in [3.05, 3.63) is 116 Å². The van der Waals surface area contributed by atoms with Crippen molar-refractivity contribution in [2.45, 2.75) is 0 Å². The lowest BCUT2D eigenvalue weighted by atomic mass is 10.0. The monoisotopic (exact) mass is 384 g/mol. The predicted octanol–water partition coefficient (Wildman–Crippen LogP) is 7.56. The lowest BCUT2D eigenvalue weighted by Crippen LogP contribution is -2.24. The van der Waals surface area contributed by atoms with E-state index < -0.39 is 0 Å². The predicted molar refractivity (Wildman–Crippen MR) is 127 cm³/mol. The van der Waals surface area contributed by atoms with E-state index in [0.717, 1.165) is 17.2 Å². The van der Waals surface area contributed by atoms with Gasteiger partial charge in [-0.15, -0.1) is 0 Å². The van der Waals surface area contributed by atoms with Crippen LogP contribution in [0.15, 0.2) is 116 Å². The lowest BCUT2D eigenvalue weighted by molar-refractivity contribution is 1.06. The van der Waals surface area contributed by atoms with Crippen LogP contribution in [0.4, 0.5) is 11.4 Å². The van der Waals surface area contributed by atoms with Crippen LogP contribution in [0.25, 0.3) is 39.1 Å². The van der Waals surface area contributed by atoms with Crippen LogP contribution in [0.3, 0.4) is 0 Å². The fourth-order valence-corrected chi connectivity index (χ4v) is 4.48. The van der Waals surface area contributed by atoms with Gasteiger partial charge in [-0.2, -0.15) is 0 Å². The van der Waals surface area contributed by atoms with Crippen molar-refractivity contribution in [3.8, 4) is 22.4 Å². The van der Waals surface area contributed by atoms with Gasteiger partial charge in [0.2, 0.25) is 0 Å². The Morgan fingerprint density at radius 3 is 2.10 bits per heavy atom. The topological polar surface area (TPSA) is 8.17 Å². The van der Waals surface area contributed by atoms with Gasteiger partial charge < -0.3 is 0 Å². The number of fused-ring (bicyclic) bond motifs is 5. The molecule has 30 heavy (non-hydrogen) atoms. The molecule has 0 atom stereocenters. The molecule has 1 aliphatic heterocycles. The van der Waals surface area contributed by atoms with Crippen LogP contribution in [0.5, 0.6) is 0 Å². The highest BCUT2D eigenvalue weighted by Crippen LogP contribution is 2.46. The Morgan fingerprint density at radius 2 is 1.27 bits per heavy atom. The van der Waals surface area contributed by atoms with E-state index in [1.54, 1.807) is 0 Å². The number of hydrogen-bond acceptors (Lipinski definition) is 1. The number of aromatic nitrogens is 1. The first-order valence-electron chi connectivity index (χ1n) is 10.2. The number of anilines is 2. The Balaban J connectivity index is 1.52. The fraction of sp³-hybridized carbons (Fsp3) is 0. The molecule has 0 bridgehead atoms. The molecule has 0 amide bonds. The second-order valence-corrected chi connectivity index (χ2v) is 7.61. The van der Waals surface area contributed by atoms with Gasteiger partial charge in [-0.25, -0.2) is 0 Å². The van der Waals surface area contributed by atoms with Crippen LogP contribution >= 0.6 is 0 Å². The molecule has 0 saturated heterocycles. The van der Waals surface area contributed by atoms with Crippen molar-refractivity contribution in [2.75, 3.05) is 4.90 Å². The molecule has 1 aliphatic rings. The highest BCUT2D eigenvalue weighted by Gasteiger charge is 2.27. The minimum absolute atomic E-state index is 0.942. The Morgan fingerprint density at radius 1 is 0.600 bits per heavy atom. The molecule has 142 valence electrons. The minimum atomic E-state index is 0.942. The summed E-state index contributed by atoms with van der Waals surface area (Å²) in [6, 6.07) is 38.5. The van der Waals surface area contributed by atoms with E-state index in [1.165, 1.54) is 33.3 Å². The Hall–Kier alpha value is -4.04. The van der Waals surface area contributed by atoms with Gasteiger partial charge in [0.25, 0.3) is 0 Å². The summed E-state index contributed by atoms with van der Waals surface area (Å²) >= 11 is 0. The third-order valence-electron chi connectivity index (χ3n) is 5.88. The molecular formula is C28H20N2. The summed E-state index contributed by atoms with van der Waals surface area (Å²) in [5.74, 6) is 0.942. The quantitative estimate of drug-likeness (QED) is 0.305. The maximum atomic E-state index is 4.50. The van der Waals surface area contributed by atoms with Crippen LogP contribution < -0.4 is 4.90 Å². The van der Waals surface area contributed by atoms with Gasteiger partial charge in [-0.1, -0.05) is 85.4 Å². The smallest absolute Gasteiger partial charge is 0.115 e. The number of para-hydroxylation sites is 2. The Labute approximate surface area is 175 Å². The van der Waals surface area contributed by atoms with Crippen LogP contribution in [-0.4, -0.2) is 4.57 Å². The van der Waals surface area contributed by atoms with Crippen molar-refractivity contribution in [1.82, 2.24) is 4.57 Å². The molecule has 2 heteroatoms. The number of hydrogen-bond donors (Lipinski definition) is 0. The third kappa shape index (κ3) is 2.44. The molecule has 0 spiro atoms. The zero-order valence-corrected chi connectivity index (χ0v) is 16.5. The SMILES string of the molecule is C=C1N(c2ccc(-c3ccccc3)cc2)c2ccccc2-c2cc3ccccc3n21. The molecule has 0 unspecified atom stereocenters. The van der Waals surface area contributed by atoms with E-state index in [1.807, 2.05) is 6.07 Å². The highest BCUT2D eigenvalue weighted by molar-refractivity contribution is 6.01. The molecule has 5 aromatic rings. The van der Waals surface area contributed by atoms with Gasteiger partial charge in [0.05, 0.1) is 16.9 Å². The first-order valence-corrected chi connectivity index (χ1v) is 10.2. The van der Waals surface area contributed by atoms with Gasteiger partial charge in [0, 0.05) is 16.6 Å². The summed E-state index contributed by atoms with van der Waals surface area (Å²) in [4.78, 5) is 2.25. The molecule has 0 aliphatic carbocycles. The molecule has 0 fully saturated rings. The maximum Gasteiger partial charge on any atom is 0.115 e. The molecule has 2 nitrogen and oxygen atoms in total. The van der Waals surface area contributed by atoms with E-state index in [4.69, 9.17) is 0 Å². The van der Waals surface area contributed by atoms with Crippen molar-refractivity contribution >= 4 is 28.1 Å². The number of rotatable bonds is 2. The largest absolute Gasteiger partial charge is 0.296 e. The van der Waals surface area contributed by atoms with Gasteiger partial charge in [0.1, 0.15) is 5.82 Å². The molecule has 0 radical (unpaired) electrons. The van der Waals surface area contributed by atoms with Crippen molar-refractivity contribution in [3.63, 3.8) is 0 Å². The summed E-state index contributed by atoms with van der Waals surface area (Å²) in [6.45, 7) is 4.50. The van der Waals surface area contributed by atoms with Crippen molar-refractivity contribution in [2.24, 2.45) is 0 Å². The van der Waals surface area contributed by atoms with Crippen LogP contribution in [0, 0.1) is 0 Å². The summed E-state index contributed by atoms with van der Waals surface area (Å²) in [7, 11) is 0. The van der Waals surface area contributed by atoms with E-state index in [2.05, 4.69) is 119 Å². The third-order valence-corrected chi connectivity index (χ3v) is 5.88. The van der Waals surface area contributed by atoms with Gasteiger partial charge >= 0.3 is 0 Å². The summed E-state index contributed by atoms with van der Waals surface area (Å²) in [6.07, 6.45) is 0. The number of nitrogens with zero attached hydrogens (tertiary/aromatic N) is 2. The van der Waals surface area contributed by atoms with Crippen molar-refractivity contribution < 1.29 is 0 Å².